The molecular formula is C16H25Cl. The van der Waals surface area contributed by atoms with Gasteiger partial charge in [-0.3, -0.25) is 0 Å². The van der Waals surface area contributed by atoms with Crippen molar-refractivity contribution in [3.63, 3.8) is 0 Å². The number of hydrogen-bond donors (Lipinski definition) is 0. The highest BCUT2D eigenvalue weighted by molar-refractivity contribution is 6.20. The fourth-order valence-electron chi connectivity index (χ4n) is 1.90. The van der Waals surface area contributed by atoms with E-state index in [1.165, 1.54) is 17.5 Å². The van der Waals surface area contributed by atoms with E-state index in [0.29, 0.717) is 5.38 Å². The van der Waals surface area contributed by atoms with Crippen LogP contribution in [0, 0.1) is 0 Å². The summed E-state index contributed by atoms with van der Waals surface area (Å²) in [4.78, 5) is 0. The molecule has 1 aromatic carbocycles. The zero-order valence-electron chi connectivity index (χ0n) is 11.6. The Bertz CT molecular complexity index is 318. The summed E-state index contributed by atoms with van der Waals surface area (Å²) in [5.74, 6) is 0. The first kappa shape index (κ1) is 14.6. The van der Waals surface area contributed by atoms with Gasteiger partial charge in [0, 0.05) is 5.38 Å². The van der Waals surface area contributed by atoms with Gasteiger partial charge in [0.2, 0.25) is 0 Å². The third-order valence-corrected chi connectivity index (χ3v) is 3.77. The summed E-state index contributed by atoms with van der Waals surface area (Å²) in [6.07, 6.45) is 4.54. The monoisotopic (exact) mass is 252 g/mol. The molecule has 1 unspecified atom stereocenters. The van der Waals surface area contributed by atoms with E-state index in [2.05, 4.69) is 52.0 Å². The summed E-state index contributed by atoms with van der Waals surface area (Å²) < 4.78 is 0. The minimum absolute atomic E-state index is 0.252. The maximum Gasteiger partial charge on any atom is 0.0333 e. The van der Waals surface area contributed by atoms with Crippen LogP contribution < -0.4 is 0 Å². The highest BCUT2D eigenvalue weighted by Gasteiger charge is 2.12. The quantitative estimate of drug-likeness (QED) is 0.622. The van der Waals surface area contributed by atoms with Crippen LogP contribution in [0.25, 0.3) is 0 Å². The van der Waals surface area contributed by atoms with Crippen molar-refractivity contribution in [1.29, 1.82) is 0 Å². The molecule has 1 heteroatoms. The Kier molecular flexibility index (Phi) is 5.52. The first-order valence-electron chi connectivity index (χ1n) is 6.67. The Morgan fingerprint density at radius 3 is 2.18 bits per heavy atom. The summed E-state index contributed by atoms with van der Waals surface area (Å²) in [5.41, 5.74) is 3.09. The topological polar surface area (TPSA) is 0 Å². The smallest absolute Gasteiger partial charge is 0.0333 e. The van der Waals surface area contributed by atoms with E-state index in [9.17, 15) is 0 Å². The molecule has 0 aliphatic carbocycles. The largest absolute Gasteiger partial charge is 0.123 e. The minimum Gasteiger partial charge on any atom is -0.123 e. The SMILES string of the molecule is CCC(Cl)CCCc1ccc(C(C)(C)C)cc1. The lowest BCUT2D eigenvalue weighted by Gasteiger charge is -2.19. The van der Waals surface area contributed by atoms with Crippen molar-refractivity contribution < 1.29 is 0 Å². The molecule has 17 heavy (non-hydrogen) atoms. The molecular weight excluding hydrogens is 228 g/mol. The van der Waals surface area contributed by atoms with Crippen LogP contribution in [0.1, 0.15) is 58.1 Å². The lowest BCUT2D eigenvalue weighted by molar-refractivity contribution is 0.589. The lowest BCUT2D eigenvalue weighted by Crippen LogP contribution is -2.10. The number of aryl methyl sites for hydroxylation is 1. The van der Waals surface area contributed by atoms with Crippen molar-refractivity contribution in [2.75, 3.05) is 0 Å². The van der Waals surface area contributed by atoms with Gasteiger partial charge >= 0.3 is 0 Å². The minimum atomic E-state index is 0.252. The lowest BCUT2D eigenvalue weighted by atomic mass is 9.86. The fraction of sp³-hybridized carbons (Fsp3) is 0.625. The maximum atomic E-state index is 6.12. The van der Waals surface area contributed by atoms with Crippen LogP contribution in [0.4, 0.5) is 0 Å². The average molecular weight is 253 g/mol. The van der Waals surface area contributed by atoms with Gasteiger partial charge in [-0.05, 0) is 42.2 Å². The van der Waals surface area contributed by atoms with Gasteiger partial charge in [0.25, 0.3) is 0 Å². The highest BCUT2D eigenvalue weighted by Crippen LogP contribution is 2.22. The molecule has 96 valence electrons. The van der Waals surface area contributed by atoms with Gasteiger partial charge in [0.15, 0.2) is 0 Å². The van der Waals surface area contributed by atoms with E-state index in [1.54, 1.807) is 0 Å². The average Bonchev–Trinajstić information content (AvgIpc) is 2.28. The predicted octanol–water partition coefficient (Wildman–Crippen LogP) is 5.32. The molecule has 0 aromatic heterocycles. The van der Waals surface area contributed by atoms with E-state index < -0.39 is 0 Å². The summed E-state index contributed by atoms with van der Waals surface area (Å²) in [6, 6.07) is 9.03. The van der Waals surface area contributed by atoms with Crippen LogP contribution in [0.15, 0.2) is 24.3 Å². The van der Waals surface area contributed by atoms with Crippen molar-refractivity contribution >= 4 is 11.6 Å². The fourth-order valence-corrected chi connectivity index (χ4v) is 2.06. The molecule has 0 spiro atoms. The number of rotatable bonds is 5. The normalized spacial score (nSPS) is 13.7. The molecule has 1 aromatic rings. The molecule has 0 saturated heterocycles. The van der Waals surface area contributed by atoms with E-state index in [0.717, 1.165) is 19.3 Å². The second-order valence-corrected chi connectivity index (χ2v) is 6.46. The predicted molar refractivity (Wildman–Crippen MR) is 78.0 cm³/mol. The van der Waals surface area contributed by atoms with Crippen LogP contribution in [0.5, 0.6) is 0 Å². The molecule has 0 nitrogen and oxygen atoms in total. The Balaban J connectivity index is 2.46. The van der Waals surface area contributed by atoms with Crippen molar-refractivity contribution in [1.82, 2.24) is 0 Å². The van der Waals surface area contributed by atoms with Gasteiger partial charge in [-0.25, -0.2) is 0 Å². The van der Waals surface area contributed by atoms with Crippen molar-refractivity contribution in [3.8, 4) is 0 Å². The molecule has 0 fully saturated rings. The second kappa shape index (κ2) is 6.44. The molecule has 0 amide bonds. The van der Waals surface area contributed by atoms with Gasteiger partial charge in [-0.1, -0.05) is 52.0 Å². The molecule has 0 heterocycles. The second-order valence-electron chi connectivity index (χ2n) is 5.84. The molecule has 0 aliphatic rings. The number of alkyl halides is 1. The Hall–Kier alpha value is -0.490. The van der Waals surface area contributed by atoms with Gasteiger partial charge in [0.1, 0.15) is 0 Å². The van der Waals surface area contributed by atoms with Crippen molar-refractivity contribution in [2.24, 2.45) is 0 Å². The Morgan fingerprint density at radius 1 is 1.12 bits per heavy atom. The third-order valence-electron chi connectivity index (χ3n) is 3.25. The van der Waals surface area contributed by atoms with E-state index in [4.69, 9.17) is 11.6 Å². The highest BCUT2D eigenvalue weighted by atomic mass is 35.5. The number of hydrogen-bond acceptors (Lipinski definition) is 0. The van der Waals surface area contributed by atoms with Gasteiger partial charge in [0.05, 0.1) is 0 Å². The molecule has 1 rings (SSSR count). The zero-order chi connectivity index (χ0) is 12.9. The first-order valence-corrected chi connectivity index (χ1v) is 7.10. The van der Waals surface area contributed by atoms with Gasteiger partial charge < -0.3 is 0 Å². The van der Waals surface area contributed by atoms with E-state index >= 15 is 0 Å². The third kappa shape index (κ3) is 5.12. The number of halogens is 1. The Labute approximate surface area is 111 Å². The summed E-state index contributed by atoms with van der Waals surface area (Å²) in [6.45, 7) is 8.90. The summed E-state index contributed by atoms with van der Waals surface area (Å²) >= 11 is 6.12. The molecule has 0 saturated carbocycles. The zero-order valence-corrected chi connectivity index (χ0v) is 12.3. The maximum absolute atomic E-state index is 6.12. The van der Waals surface area contributed by atoms with Crippen molar-refractivity contribution in [3.05, 3.63) is 35.4 Å². The van der Waals surface area contributed by atoms with Gasteiger partial charge in [-0.2, -0.15) is 0 Å². The van der Waals surface area contributed by atoms with Crippen LogP contribution in [-0.4, -0.2) is 5.38 Å². The molecule has 0 radical (unpaired) electrons. The van der Waals surface area contributed by atoms with E-state index in [-0.39, 0.29) is 5.41 Å². The van der Waals surface area contributed by atoms with Crippen LogP contribution in [0.2, 0.25) is 0 Å². The standard InChI is InChI=1S/C16H25Cl/c1-5-15(17)8-6-7-13-9-11-14(12-10-13)16(2,3)4/h9-12,15H,5-8H2,1-4H3. The van der Waals surface area contributed by atoms with Gasteiger partial charge in [-0.15, -0.1) is 11.6 Å². The Morgan fingerprint density at radius 2 is 1.71 bits per heavy atom. The molecule has 0 aliphatic heterocycles. The first-order chi connectivity index (χ1) is 7.93. The molecule has 1 atom stereocenters. The van der Waals surface area contributed by atoms with Crippen LogP contribution in [0.3, 0.4) is 0 Å². The van der Waals surface area contributed by atoms with Crippen LogP contribution >= 0.6 is 11.6 Å². The molecule has 0 bridgehead atoms. The molecule has 0 N–H and O–H groups in total. The van der Waals surface area contributed by atoms with Crippen molar-refractivity contribution in [2.45, 2.75) is 64.2 Å². The summed E-state index contributed by atoms with van der Waals surface area (Å²) in [5, 5.41) is 0.351. The van der Waals surface area contributed by atoms with E-state index in [1.807, 2.05) is 0 Å². The summed E-state index contributed by atoms with van der Waals surface area (Å²) in [7, 11) is 0. The van der Waals surface area contributed by atoms with Crippen LogP contribution in [-0.2, 0) is 11.8 Å². The number of benzene rings is 1.